The van der Waals surface area contributed by atoms with Gasteiger partial charge in [-0.3, -0.25) is 4.79 Å². The fraction of sp³-hybridized carbons (Fsp3) is 0.520. The van der Waals surface area contributed by atoms with Gasteiger partial charge in [-0.2, -0.15) is 10.2 Å². The summed E-state index contributed by atoms with van der Waals surface area (Å²) < 4.78 is 0. The third-order valence-electron chi connectivity index (χ3n) is 6.44. The summed E-state index contributed by atoms with van der Waals surface area (Å²) in [6, 6.07) is 12.5. The molecule has 0 radical (unpaired) electrons. The Morgan fingerprint density at radius 2 is 1.94 bits per heavy atom. The summed E-state index contributed by atoms with van der Waals surface area (Å²) in [5.74, 6) is 1.69. The van der Waals surface area contributed by atoms with Crippen LogP contribution in [0, 0.1) is 11.3 Å². The molecule has 1 atom stereocenters. The van der Waals surface area contributed by atoms with E-state index in [4.69, 9.17) is 9.97 Å². The van der Waals surface area contributed by atoms with Crippen LogP contribution in [0.3, 0.4) is 0 Å². The summed E-state index contributed by atoms with van der Waals surface area (Å²) in [6.07, 6.45) is 5.02. The average molecular weight is 448 g/mol. The maximum atomic E-state index is 11.6. The average Bonchev–Trinajstić information content (AvgIpc) is 3.28. The van der Waals surface area contributed by atoms with Crippen molar-refractivity contribution >= 4 is 23.4 Å². The molecule has 8 heteroatoms. The number of aromatic nitrogens is 2. The third-order valence-corrected chi connectivity index (χ3v) is 6.44. The molecule has 1 aromatic heterocycles. The molecular formula is C25H33N7O. The Balaban J connectivity index is 1.41. The number of piperidine rings is 1. The van der Waals surface area contributed by atoms with Crippen molar-refractivity contribution in [1.82, 2.24) is 20.2 Å². The van der Waals surface area contributed by atoms with Crippen molar-refractivity contribution in [3.05, 3.63) is 41.6 Å². The Morgan fingerprint density at radius 3 is 2.67 bits per heavy atom. The van der Waals surface area contributed by atoms with Crippen LogP contribution in [0.2, 0.25) is 0 Å². The lowest BCUT2D eigenvalue weighted by molar-refractivity contribution is -0.129. The van der Waals surface area contributed by atoms with Crippen LogP contribution >= 0.6 is 0 Å². The van der Waals surface area contributed by atoms with Crippen LogP contribution in [-0.4, -0.2) is 59.0 Å². The summed E-state index contributed by atoms with van der Waals surface area (Å²) in [4.78, 5) is 25.3. The molecule has 33 heavy (non-hydrogen) atoms. The lowest BCUT2D eigenvalue weighted by Gasteiger charge is -2.33. The molecule has 0 bridgehead atoms. The van der Waals surface area contributed by atoms with E-state index in [0.717, 1.165) is 75.5 Å². The molecule has 1 aromatic carbocycles. The molecule has 4 rings (SSSR count). The zero-order chi connectivity index (χ0) is 23.2. The number of hydrogen-bond donors (Lipinski definition) is 2. The third kappa shape index (κ3) is 5.99. The molecule has 8 nitrogen and oxygen atoms in total. The first kappa shape index (κ1) is 23.0. The fourth-order valence-corrected chi connectivity index (χ4v) is 4.68. The fourth-order valence-electron chi connectivity index (χ4n) is 4.68. The number of benzene rings is 1. The highest BCUT2D eigenvalue weighted by atomic mass is 16.2. The summed E-state index contributed by atoms with van der Waals surface area (Å²) in [7, 11) is 0. The molecule has 2 fully saturated rings. The van der Waals surface area contributed by atoms with E-state index in [1.165, 1.54) is 0 Å². The summed E-state index contributed by atoms with van der Waals surface area (Å²) in [5.41, 5.74) is 2.44. The number of nitriles is 1. The van der Waals surface area contributed by atoms with Gasteiger partial charge in [0.2, 0.25) is 11.9 Å². The normalized spacial score (nSPS) is 18.9. The van der Waals surface area contributed by atoms with E-state index in [1.807, 2.05) is 23.1 Å². The van der Waals surface area contributed by atoms with Crippen LogP contribution in [0.4, 0.5) is 17.5 Å². The predicted octanol–water partition coefficient (Wildman–Crippen LogP) is 3.22. The van der Waals surface area contributed by atoms with E-state index in [0.29, 0.717) is 23.6 Å². The number of likely N-dealkylation sites (tertiary alicyclic amines) is 1. The highest BCUT2D eigenvalue weighted by molar-refractivity contribution is 5.73. The highest BCUT2D eigenvalue weighted by Crippen LogP contribution is 2.24. The number of nitrogens with one attached hydrogen (secondary N) is 2. The van der Waals surface area contributed by atoms with Gasteiger partial charge in [0.25, 0.3) is 0 Å². The standard InChI is InChI=1S/C25H33N7O/c1-3-5-21-15-24(30-25(28-21)29-22-7-4-6-19(14-22)16-26)32-13-10-23(17-32)27-20-8-11-31(12-9-20)18(2)33/h4,6-7,14-15,20,23,27H,3,5,8-13,17H2,1-2H3,(H,28,29,30). The Kier molecular flexibility index (Phi) is 7.40. The molecule has 174 valence electrons. The van der Waals surface area contributed by atoms with Crippen molar-refractivity contribution in [3.8, 4) is 6.07 Å². The molecule has 2 aliphatic rings. The number of rotatable bonds is 7. The number of amides is 1. The summed E-state index contributed by atoms with van der Waals surface area (Å²) in [6.45, 7) is 7.36. The number of nitrogens with zero attached hydrogens (tertiary/aromatic N) is 5. The molecule has 1 amide bonds. The number of carbonyl (C=O) groups excluding carboxylic acids is 1. The minimum Gasteiger partial charge on any atom is -0.355 e. The Hall–Kier alpha value is -3.18. The van der Waals surface area contributed by atoms with Crippen molar-refractivity contribution in [2.45, 2.75) is 58.0 Å². The zero-order valence-corrected chi connectivity index (χ0v) is 19.5. The van der Waals surface area contributed by atoms with Crippen LogP contribution in [0.5, 0.6) is 0 Å². The second-order valence-corrected chi connectivity index (χ2v) is 8.99. The topological polar surface area (TPSA) is 97.2 Å². The maximum Gasteiger partial charge on any atom is 0.229 e. The van der Waals surface area contributed by atoms with E-state index >= 15 is 0 Å². The number of anilines is 3. The first-order valence-corrected chi connectivity index (χ1v) is 12.0. The Morgan fingerprint density at radius 1 is 1.15 bits per heavy atom. The second kappa shape index (κ2) is 10.6. The molecular weight excluding hydrogens is 414 g/mol. The van der Waals surface area contributed by atoms with E-state index in [-0.39, 0.29) is 5.91 Å². The summed E-state index contributed by atoms with van der Waals surface area (Å²) in [5, 5.41) is 16.3. The van der Waals surface area contributed by atoms with E-state index < -0.39 is 0 Å². The van der Waals surface area contributed by atoms with Gasteiger partial charge in [-0.1, -0.05) is 19.4 Å². The monoisotopic (exact) mass is 447 g/mol. The van der Waals surface area contributed by atoms with Gasteiger partial charge in [-0.25, -0.2) is 4.98 Å². The lowest BCUT2D eigenvalue weighted by atomic mass is 10.0. The van der Waals surface area contributed by atoms with E-state index in [9.17, 15) is 10.1 Å². The SMILES string of the molecule is CCCc1cc(N2CCC(NC3CCN(C(C)=O)CC3)C2)nc(Nc2cccc(C#N)c2)n1. The molecule has 2 N–H and O–H groups in total. The quantitative estimate of drug-likeness (QED) is 0.673. The molecule has 2 aliphatic heterocycles. The van der Waals surface area contributed by atoms with Crippen LogP contribution in [0.15, 0.2) is 30.3 Å². The second-order valence-electron chi connectivity index (χ2n) is 8.99. The van der Waals surface area contributed by atoms with E-state index in [2.05, 4.69) is 34.6 Å². The van der Waals surface area contributed by atoms with Crippen LogP contribution in [0.25, 0.3) is 0 Å². The molecule has 0 spiro atoms. The molecule has 3 heterocycles. The van der Waals surface area contributed by atoms with Gasteiger partial charge >= 0.3 is 0 Å². The lowest BCUT2D eigenvalue weighted by Crippen LogP contribution is -2.48. The van der Waals surface area contributed by atoms with Crippen LogP contribution in [0.1, 0.15) is 50.8 Å². The van der Waals surface area contributed by atoms with Gasteiger partial charge in [0, 0.05) is 62.6 Å². The van der Waals surface area contributed by atoms with Crippen LogP contribution < -0.4 is 15.5 Å². The van der Waals surface area contributed by atoms with Gasteiger partial charge in [0.1, 0.15) is 5.82 Å². The van der Waals surface area contributed by atoms with Crippen molar-refractivity contribution in [3.63, 3.8) is 0 Å². The van der Waals surface area contributed by atoms with Crippen molar-refractivity contribution in [1.29, 1.82) is 5.26 Å². The number of hydrogen-bond acceptors (Lipinski definition) is 7. The van der Waals surface area contributed by atoms with Gasteiger partial charge in [-0.15, -0.1) is 0 Å². The minimum absolute atomic E-state index is 0.177. The highest BCUT2D eigenvalue weighted by Gasteiger charge is 2.28. The van der Waals surface area contributed by atoms with Crippen molar-refractivity contribution < 1.29 is 4.79 Å². The van der Waals surface area contributed by atoms with E-state index in [1.54, 1.807) is 13.0 Å². The minimum atomic E-state index is 0.177. The Labute approximate surface area is 196 Å². The predicted molar refractivity (Wildman–Crippen MR) is 129 cm³/mol. The first-order valence-electron chi connectivity index (χ1n) is 12.0. The largest absolute Gasteiger partial charge is 0.355 e. The number of carbonyl (C=O) groups is 1. The zero-order valence-electron chi connectivity index (χ0n) is 19.5. The van der Waals surface area contributed by atoms with Crippen molar-refractivity contribution in [2.24, 2.45) is 0 Å². The maximum absolute atomic E-state index is 11.6. The Bertz CT molecular complexity index is 1010. The van der Waals surface area contributed by atoms with Crippen molar-refractivity contribution in [2.75, 3.05) is 36.4 Å². The summed E-state index contributed by atoms with van der Waals surface area (Å²) >= 11 is 0. The first-order chi connectivity index (χ1) is 16.0. The molecule has 2 saturated heterocycles. The van der Waals surface area contributed by atoms with Gasteiger partial charge in [0.05, 0.1) is 11.6 Å². The molecule has 0 saturated carbocycles. The molecule has 2 aromatic rings. The van der Waals surface area contributed by atoms with Gasteiger partial charge in [0.15, 0.2) is 0 Å². The number of aryl methyl sites for hydroxylation is 1. The van der Waals surface area contributed by atoms with Gasteiger partial charge in [-0.05, 0) is 43.9 Å². The van der Waals surface area contributed by atoms with Gasteiger partial charge < -0.3 is 20.4 Å². The molecule has 1 unspecified atom stereocenters. The van der Waals surface area contributed by atoms with Crippen LogP contribution in [-0.2, 0) is 11.2 Å². The molecule has 0 aliphatic carbocycles. The smallest absolute Gasteiger partial charge is 0.229 e.